The Balaban J connectivity index is 2.74. The average Bonchev–Trinajstić information content (AvgIpc) is 2.28. The van der Waals surface area contributed by atoms with Gasteiger partial charge in [0.1, 0.15) is 11.6 Å². The van der Waals surface area contributed by atoms with Crippen LogP contribution in [0.25, 0.3) is 0 Å². The van der Waals surface area contributed by atoms with E-state index in [0.717, 1.165) is 6.07 Å². The van der Waals surface area contributed by atoms with Crippen molar-refractivity contribution in [1.29, 1.82) is 0 Å². The highest BCUT2D eigenvalue weighted by atomic mass is 19.1. The minimum atomic E-state index is -0.887. The van der Waals surface area contributed by atoms with Crippen LogP contribution in [-0.4, -0.2) is 23.8 Å². The molecular formula is C13H17FO4. The number of rotatable bonds is 5. The van der Waals surface area contributed by atoms with E-state index in [1.165, 1.54) is 26.0 Å². The second-order valence-corrected chi connectivity index (χ2v) is 3.87. The summed E-state index contributed by atoms with van der Waals surface area (Å²) >= 11 is 0. The number of aliphatic hydroxyl groups is 1. The molecular weight excluding hydrogens is 239 g/mol. The normalized spacial score (nSPS) is 13.8. The van der Waals surface area contributed by atoms with Crippen molar-refractivity contribution in [1.82, 2.24) is 0 Å². The van der Waals surface area contributed by atoms with Gasteiger partial charge in [0.2, 0.25) is 0 Å². The Kier molecular flexibility index (Phi) is 5.09. The Labute approximate surface area is 105 Å². The first-order valence-electron chi connectivity index (χ1n) is 5.76. The van der Waals surface area contributed by atoms with E-state index in [9.17, 15) is 14.3 Å². The number of halogens is 1. The lowest BCUT2D eigenvalue weighted by molar-refractivity contribution is -0.150. The minimum absolute atomic E-state index is 0.186. The van der Waals surface area contributed by atoms with Gasteiger partial charge in [-0.1, -0.05) is 0 Å². The fraction of sp³-hybridized carbons (Fsp3) is 0.462. The molecule has 1 rings (SSSR count). The van der Waals surface area contributed by atoms with Crippen molar-refractivity contribution in [2.45, 2.75) is 33.0 Å². The molecule has 0 bridgehead atoms. The third kappa shape index (κ3) is 3.70. The number of esters is 1. The summed E-state index contributed by atoms with van der Waals surface area (Å²) < 4.78 is 23.6. The lowest BCUT2D eigenvalue weighted by atomic mass is 10.1. The van der Waals surface area contributed by atoms with Crippen LogP contribution in [0.3, 0.4) is 0 Å². The van der Waals surface area contributed by atoms with E-state index >= 15 is 0 Å². The molecule has 0 spiro atoms. The lowest BCUT2D eigenvalue weighted by Crippen LogP contribution is -2.26. The van der Waals surface area contributed by atoms with Gasteiger partial charge in [0, 0.05) is 11.6 Å². The van der Waals surface area contributed by atoms with Crippen molar-refractivity contribution in [3.05, 3.63) is 29.6 Å². The van der Waals surface area contributed by atoms with Crippen LogP contribution in [0.5, 0.6) is 5.75 Å². The van der Waals surface area contributed by atoms with Crippen molar-refractivity contribution in [3.63, 3.8) is 0 Å². The van der Waals surface area contributed by atoms with Gasteiger partial charge in [-0.15, -0.1) is 0 Å². The number of carbonyl (C=O) groups excluding carboxylic acids is 1. The van der Waals surface area contributed by atoms with E-state index in [1.807, 2.05) is 0 Å². The van der Waals surface area contributed by atoms with Crippen LogP contribution in [0.2, 0.25) is 0 Å². The first-order chi connectivity index (χ1) is 8.45. The molecule has 0 fully saturated rings. The van der Waals surface area contributed by atoms with Crippen LogP contribution in [0.1, 0.15) is 32.4 Å². The summed E-state index contributed by atoms with van der Waals surface area (Å²) in [5, 5.41) is 9.28. The van der Waals surface area contributed by atoms with Gasteiger partial charge in [-0.05, 0) is 32.9 Å². The maximum atomic E-state index is 13.5. The van der Waals surface area contributed by atoms with Crippen LogP contribution in [0.4, 0.5) is 4.39 Å². The number of hydrogen-bond acceptors (Lipinski definition) is 4. The molecule has 0 radical (unpaired) electrons. The predicted molar refractivity (Wildman–Crippen MR) is 63.8 cm³/mol. The molecule has 0 amide bonds. The molecule has 0 aliphatic heterocycles. The van der Waals surface area contributed by atoms with Crippen LogP contribution in [0.15, 0.2) is 18.2 Å². The molecule has 0 saturated heterocycles. The van der Waals surface area contributed by atoms with Crippen LogP contribution in [-0.2, 0) is 9.53 Å². The van der Waals surface area contributed by atoms with E-state index in [-0.39, 0.29) is 17.9 Å². The number of benzene rings is 1. The summed E-state index contributed by atoms with van der Waals surface area (Å²) in [5.74, 6) is -0.853. The lowest BCUT2D eigenvalue weighted by Gasteiger charge is -2.14. The predicted octanol–water partition coefficient (Wildman–Crippen LogP) is 2.21. The largest absolute Gasteiger partial charge is 0.479 e. The zero-order valence-electron chi connectivity index (χ0n) is 10.6. The molecule has 5 heteroatoms. The Morgan fingerprint density at radius 1 is 1.44 bits per heavy atom. The summed E-state index contributed by atoms with van der Waals surface area (Å²) in [6, 6.07) is 4.06. The van der Waals surface area contributed by atoms with Crippen LogP contribution in [0, 0.1) is 5.82 Å². The highest BCUT2D eigenvalue weighted by Crippen LogP contribution is 2.22. The maximum absolute atomic E-state index is 13.5. The quantitative estimate of drug-likeness (QED) is 0.821. The zero-order chi connectivity index (χ0) is 13.7. The number of carbonyl (C=O) groups is 1. The van der Waals surface area contributed by atoms with Gasteiger partial charge in [0.15, 0.2) is 6.10 Å². The van der Waals surface area contributed by atoms with E-state index in [0.29, 0.717) is 0 Å². The number of ether oxygens (including phenoxy) is 2. The smallest absolute Gasteiger partial charge is 0.347 e. The summed E-state index contributed by atoms with van der Waals surface area (Å²) in [6.07, 6.45) is -1.69. The molecule has 100 valence electrons. The molecule has 1 aromatic carbocycles. The van der Waals surface area contributed by atoms with Crippen molar-refractivity contribution in [2.24, 2.45) is 0 Å². The maximum Gasteiger partial charge on any atom is 0.347 e. The van der Waals surface area contributed by atoms with Crippen LogP contribution >= 0.6 is 0 Å². The van der Waals surface area contributed by atoms with Gasteiger partial charge >= 0.3 is 5.97 Å². The highest BCUT2D eigenvalue weighted by molar-refractivity contribution is 5.74. The first-order valence-corrected chi connectivity index (χ1v) is 5.76. The first kappa shape index (κ1) is 14.4. The Bertz CT molecular complexity index is 417. The molecule has 0 aliphatic rings. The topological polar surface area (TPSA) is 55.8 Å². The fourth-order valence-electron chi connectivity index (χ4n) is 1.43. The summed E-state index contributed by atoms with van der Waals surface area (Å²) in [4.78, 5) is 11.3. The molecule has 0 aromatic heterocycles. The van der Waals surface area contributed by atoms with Gasteiger partial charge in [0.05, 0.1) is 12.7 Å². The highest BCUT2D eigenvalue weighted by Gasteiger charge is 2.17. The van der Waals surface area contributed by atoms with E-state index in [1.54, 1.807) is 6.92 Å². The number of hydrogen-bond donors (Lipinski definition) is 1. The molecule has 1 unspecified atom stereocenters. The molecule has 0 heterocycles. The third-order valence-corrected chi connectivity index (χ3v) is 2.35. The summed E-state index contributed by atoms with van der Waals surface area (Å²) in [7, 11) is 0. The Hall–Kier alpha value is -1.62. The number of aliphatic hydroxyl groups excluding tert-OH is 1. The standard InChI is InChI=1S/C13H17FO4/c1-4-17-13(16)9(3)18-10-5-6-11(8(2)15)12(14)7-10/h5-9,15H,4H2,1-3H3/t8-,9?/m1/s1. The van der Waals surface area contributed by atoms with Gasteiger partial charge in [-0.3, -0.25) is 0 Å². The second kappa shape index (κ2) is 6.35. The van der Waals surface area contributed by atoms with Crippen molar-refractivity contribution in [2.75, 3.05) is 6.61 Å². The van der Waals surface area contributed by atoms with Gasteiger partial charge in [0.25, 0.3) is 0 Å². The molecule has 1 N–H and O–H groups in total. The van der Waals surface area contributed by atoms with Gasteiger partial charge in [-0.2, -0.15) is 0 Å². The molecule has 18 heavy (non-hydrogen) atoms. The van der Waals surface area contributed by atoms with Crippen molar-refractivity contribution >= 4 is 5.97 Å². The molecule has 4 nitrogen and oxygen atoms in total. The summed E-state index contributed by atoms with van der Waals surface area (Å²) in [6.45, 7) is 4.96. The van der Waals surface area contributed by atoms with E-state index < -0.39 is 24.0 Å². The Morgan fingerprint density at radius 2 is 2.11 bits per heavy atom. The third-order valence-electron chi connectivity index (χ3n) is 2.35. The van der Waals surface area contributed by atoms with Gasteiger partial charge in [-0.25, -0.2) is 9.18 Å². The minimum Gasteiger partial charge on any atom is -0.479 e. The monoisotopic (exact) mass is 256 g/mol. The van der Waals surface area contributed by atoms with Gasteiger partial charge < -0.3 is 14.6 Å². The SMILES string of the molecule is CCOC(=O)C(C)Oc1ccc([C@@H](C)O)c(F)c1. The van der Waals surface area contributed by atoms with Crippen molar-refractivity contribution < 1.29 is 23.8 Å². The van der Waals surface area contributed by atoms with E-state index in [4.69, 9.17) is 9.47 Å². The van der Waals surface area contributed by atoms with E-state index in [2.05, 4.69) is 0 Å². The Morgan fingerprint density at radius 3 is 2.61 bits per heavy atom. The molecule has 0 aliphatic carbocycles. The van der Waals surface area contributed by atoms with Crippen LogP contribution < -0.4 is 4.74 Å². The molecule has 0 saturated carbocycles. The summed E-state index contributed by atoms with van der Waals surface area (Å²) in [5.41, 5.74) is 0.186. The fourth-order valence-corrected chi connectivity index (χ4v) is 1.43. The molecule has 1 aromatic rings. The zero-order valence-corrected chi connectivity index (χ0v) is 10.6. The average molecular weight is 256 g/mol. The second-order valence-electron chi connectivity index (χ2n) is 3.87. The molecule has 2 atom stereocenters. The van der Waals surface area contributed by atoms with Crippen molar-refractivity contribution in [3.8, 4) is 5.75 Å².